The molecule has 0 amide bonds. The van der Waals surface area contributed by atoms with Crippen molar-refractivity contribution in [2.45, 2.75) is 38.5 Å². The molecule has 6 aromatic carbocycles. The molecule has 0 nitrogen and oxygen atoms in total. The van der Waals surface area contributed by atoms with Gasteiger partial charge in [-0.05, 0) is 101 Å². The molecule has 2 aliphatic carbocycles. The first-order valence-electron chi connectivity index (χ1n) is 18.7. The van der Waals surface area contributed by atoms with Crippen LogP contribution < -0.4 is 20.7 Å². The molecule has 254 valence electrons. The molecule has 3 heteroatoms. The molecule has 0 fully saturated rings. The van der Waals surface area contributed by atoms with Gasteiger partial charge >= 0.3 is 0 Å². The third kappa shape index (κ3) is 4.16. The minimum absolute atomic E-state index is 0.0316. The van der Waals surface area contributed by atoms with Crippen molar-refractivity contribution in [1.29, 1.82) is 0 Å². The van der Waals surface area contributed by atoms with Gasteiger partial charge in [-0.2, -0.15) is 0 Å². The molecular formula is C50H38S2Si. The molecule has 1 aliphatic heterocycles. The Morgan fingerprint density at radius 2 is 0.755 bits per heavy atom. The van der Waals surface area contributed by atoms with Crippen LogP contribution in [0.4, 0.5) is 0 Å². The molecule has 0 spiro atoms. The Balaban J connectivity index is 1.13. The van der Waals surface area contributed by atoms with E-state index in [1.165, 1.54) is 95.9 Å². The fourth-order valence-corrected chi connectivity index (χ4v) is 18.8. The molecule has 0 radical (unpaired) electrons. The lowest BCUT2D eigenvalue weighted by Crippen LogP contribution is -2.72. The van der Waals surface area contributed by atoms with E-state index in [4.69, 9.17) is 0 Å². The topological polar surface area (TPSA) is 0 Å². The monoisotopic (exact) mass is 730 g/mol. The fraction of sp³-hybridized carbons (Fsp3) is 0.120. The molecule has 0 N–H and O–H groups in total. The lowest BCUT2D eigenvalue weighted by Gasteiger charge is -2.30. The van der Waals surface area contributed by atoms with Gasteiger partial charge in [0.1, 0.15) is 0 Å². The molecule has 0 saturated carbocycles. The Bertz CT molecular complexity index is 2590. The van der Waals surface area contributed by atoms with Gasteiger partial charge in [0.25, 0.3) is 0 Å². The summed E-state index contributed by atoms with van der Waals surface area (Å²) < 4.78 is 0. The van der Waals surface area contributed by atoms with E-state index in [2.05, 4.69) is 185 Å². The molecular weight excluding hydrogens is 693 g/mol. The Morgan fingerprint density at radius 3 is 1.19 bits per heavy atom. The van der Waals surface area contributed by atoms with Gasteiger partial charge in [-0.15, -0.1) is 22.7 Å². The average molecular weight is 731 g/mol. The van der Waals surface area contributed by atoms with Gasteiger partial charge in [-0.1, -0.05) is 161 Å². The molecule has 8 aromatic rings. The SMILES string of the molecule is CC1(C)c2ccccc2-c2ccc(-c3cc4c(s3)-c3sc(-c5ccc6c(c5)C(C)(C)c5ccccc5-6)cc3[Si]4(c3ccccc3)c3ccccc3)cc21. The highest BCUT2D eigenvalue weighted by molar-refractivity contribution is 7.35. The summed E-state index contributed by atoms with van der Waals surface area (Å²) in [5, 5.41) is 5.99. The molecule has 3 heterocycles. The van der Waals surface area contributed by atoms with Crippen molar-refractivity contribution >= 4 is 51.5 Å². The van der Waals surface area contributed by atoms with Crippen molar-refractivity contribution < 1.29 is 0 Å². The standard InChI is InChI=1S/C50H38S2Si/c1-49(2)39-21-13-11-19-35(39)37-25-23-31(27-41(37)49)43-29-45-47(51-43)48-46(53(45,33-15-7-5-8-16-33)34-17-9-6-10-18-34)30-44(52-48)32-24-26-38-36-20-12-14-22-40(36)50(3,4)42(38)28-32/h5-30H,1-4H3. The average Bonchev–Trinajstić information content (AvgIpc) is 3.97. The zero-order valence-electron chi connectivity index (χ0n) is 30.3. The number of fused-ring (bicyclic) bond motifs is 9. The lowest BCUT2D eigenvalue weighted by molar-refractivity contribution is 0.660. The van der Waals surface area contributed by atoms with E-state index < -0.39 is 8.07 Å². The molecule has 2 aromatic heterocycles. The smallest absolute Gasteiger partial charge is 0.134 e. The van der Waals surface area contributed by atoms with Crippen LogP contribution in [0.5, 0.6) is 0 Å². The van der Waals surface area contributed by atoms with Crippen LogP contribution in [0.3, 0.4) is 0 Å². The molecule has 0 bridgehead atoms. The van der Waals surface area contributed by atoms with Gasteiger partial charge in [-0.3, -0.25) is 0 Å². The summed E-state index contributed by atoms with van der Waals surface area (Å²) >= 11 is 4.01. The number of benzene rings is 6. The van der Waals surface area contributed by atoms with Crippen LogP contribution in [0.15, 0.2) is 158 Å². The van der Waals surface area contributed by atoms with Crippen LogP contribution in [0.1, 0.15) is 49.9 Å². The predicted molar refractivity (Wildman–Crippen MR) is 231 cm³/mol. The first-order chi connectivity index (χ1) is 25.8. The van der Waals surface area contributed by atoms with Crippen LogP contribution in [0, 0.1) is 0 Å². The van der Waals surface area contributed by atoms with Crippen molar-refractivity contribution in [1.82, 2.24) is 0 Å². The maximum Gasteiger partial charge on any atom is 0.182 e. The Hall–Kier alpha value is -5.06. The van der Waals surface area contributed by atoms with E-state index in [9.17, 15) is 0 Å². The molecule has 3 aliphatic rings. The van der Waals surface area contributed by atoms with Crippen LogP contribution in [0.25, 0.3) is 52.9 Å². The van der Waals surface area contributed by atoms with Crippen molar-refractivity contribution in [3.8, 4) is 52.9 Å². The minimum atomic E-state index is -2.63. The summed E-state index contributed by atoms with van der Waals surface area (Å²) in [5.74, 6) is 0. The maximum absolute atomic E-state index is 2.63. The van der Waals surface area contributed by atoms with Crippen LogP contribution in [-0.4, -0.2) is 8.07 Å². The van der Waals surface area contributed by atoms with Crippen molar-refractivity contribution in [3.63, 3.8) is 0 Å². The van der Waals surface area contributed by atoms with E-state index >= 15 is 0 Å². The van der Waals surface area contributed by atoms with E-state index in [1.807, 2.05) is 22.7 Å². The van der Waals surface area contributed by atoms with Gasteiger partial charge in [0.2, 0.25) is 0 Å². The number of hydrogen-bond donors (Lipinski definition) is 0. The highest BCUT2D eigenvalue weighted by atomic mass is 32.1. The van der Waals surface area contributed by atoms with Crippen molar-refractivity contribution in [3.05, 3.63) is 180 Å². The second kappa shape index (κ2) is 11.0. The van der Waals surface area contributed by atoms with Crippen LogP contribution in [0.2, 0.25) is 0 Å². The van der Waals surface area contributed by atoms with Crippen molar-refractivity contribution in [2.75, 3.05) is 0 Å². The van der Waals surface area contributed by atoms with E-state index in [0.29, 0.717) is 0 Å². The van der Waals surface area contributed by atoms with E-state index in [0.717, 1.165) is 0 Å². The zero-order valence-corrected chi connectivity index (χ0v) is 33.0. The number of hydrogen-bond acceptors (Lipinski definition) is 2. The van der Waals surface area contributed by atoms with Crippen LogP contribution in [-0.2, 0) is 10.8 Å². The van der Waals surface area contributed by atoms with E-state index in [1.54, 1.807) is 0 Å². The summed E-state index contributed by atoms with van der Waals surface area (Å²) in [6.07, 6.45) is 0. The third-order valence-electron chi connectivity index (χ3n) is 12.6. The second-order valence-corrected chi connectivity index (χ2v) is 21.9. The Morgan fingerprint density at radius 1 is 0.377 bits per heavy atom. The summed E-state index contributed by atoms with van der Waals surface area (Å²) in [4.78, 5) is 5.65. The first-order valence-corrected chi connectivity index (χ1v) is 22.3. The summed E-state index contributed by atoms with van der Waals surface area (Å²) in [5.41, 5.74) is 13.8. The van der Waals surface area contributed by atoms with Gasteiger partial charge in [0.05, 0.1) is 0 Å². The molecule has 0 unspecified atom stereocenters. The zero-order chi connectivity index (χ0) is 35.7. The third-order valence-corrected chi connectivity index (χ3v) is 20.3. The normalized spacial score (nSPS) is 16.0. The molecule has 0 saturated heterocycles. The molecule has 53 heavy (non-hydrogen) atoms. The summed E-state index contributed by atoms with van der Waals surface area (Å²) in [6.45, 7) is 9.54. The molecule has 0 atom stereocenters. The highest BCUT2D eigenvalue weighted by Crippen LogP contribution is 2.52. The first kappa shape index (κ1) is 31.5. The fourth-order valence-electron chi connectivity index (χ4n) is 9.99. The van der Waals surface area contributed by atoms with Crippen molar-refractivity contribution in [2.24, 2.45) is 0 Å². The molecule has 11 rings (SSSR count). The summed E-state index contributed by atoms with van der Waals surface area (Å²) in [6, 6.07) is 60.5. The van der Waals surface area contributed by atoms with Gasteiger partial charge < -0.3 is 0 Å². The van der Waals surface area contributed by atoms with Crippen LogP contribution >= 0.6 is 22.7 Å². The van der Waals surface area contributed by atoms with Gasteiger partial charge in [0, 0.05) is 30.3 Å². The Labute approximate surface area is 321 Å². The maximum atomic E-state index is 2.59. The minimum Gasteiger partial charge on any atom is -0.134 e. The highest BCUT2D eigenvalue weighted by Gasteiger charge is 2.51. The lowest BCUT2D eigenvalue weighted by atomic mass is 9.82. The van der Waals surface area contributed by atoms with Gasteiger partial charge in [-0.25, -0.2) is 0 Å². The quantitative estimate of drug-likeness (QED) is 0.158. The number of rotatable bonds is 4. The number of thiophene rings is 2. The largest absolute Gasteiger partial charge is 0.182 e. The van der Waals surface area contributed by atoms with Gasteiger partial charge in [0.15, 0.2) is 8.07 Å². The Kier molecular flexibility index (Phi) is 6.52. The summed E-state index contributed by atoms with van der Waals surface area (Å²) in [7, 11) is -2.63. The predicted octanol–water partition coefficient (Wildman–Crippen LogP) is 11.1. The second-order valence-electron chi connectivity index (χ2n) is 16.1. The van der Waals surface area contributed by atoms with E-state index in [-0.39, 0.29) is 10.8 Å².